The molecule has 2 heterocycles. The van der Waals surface area contributed by atoms with Crippen molar-refractivity contribution in [3.63, 3.8) is 0 Å². The Morgan fingerprint density at radius 2 is 1.71 bits per heavy atom. The Kier molecular flexibility index (Phi) is 11.8. The van der Waals surface area contributed by atoms with Crippen LogP contribution in [0.4, 0.5) is 4.79 Å². The normalized spacial score (nSPS) is 20.7. The highest BCUT2D eigenvalue weighted by Crippen LogP contribution is 2.28. The SMILES string of the molecule is CC(C)CCNC(=O)C(CC(C)C)N1CC2N(CC1=O)C(=O)C(CCC(N)=O)ON2C(=O)OCCC(C)C. The molecule has 12 heteroatoms. The first-order chi connectivity index (χ1) is 17.8. The number of primary amides is 1. The molecule has 216 valence electrons. The predicted molar refractivity (Wildman–Crippen MR) is 139 cm³/mol. The summed E-state index contributed by atoms with van der Waals surface area (Å²) in [6.45, 7) is 12.2. The predicted octanol–water partition coefficient (Wildman–Crippen LogP) is 1.62. The smallest absolute Gasteiger partial charge is 0.436 e. The van der Waals surface area contributed by atoms with E-state index in [0.717, 1.165) is 11.5 Å². The van der Waals surface area contributed by atoms with Crippen LogP contribution < -0.4 is 11.1 Å². The number of amides is 5. The number of hydroxylamine groups is 2. The number of carbonyl (C=O) groups is 5. The van der Waals surface area contributed by atoms with E-state index >= 15 is 0 Å². The highest BCUT2D eigenvalue weighted by atomic mass is 16.7. The van der Waals surface area contributed by atoms with E-state index in [1.807, 2.05) is 27.7 Å². The van der Waals surface area contributed by atoms with Gasteiger partial charge in [-0.25, -0.2) is 4.79 Å². The van der Waals surface area contributed by atoms with Crippen LogP contribution in [-0.2, 0) is 28.8 Å². The van der Waals surface area contributed by atoms with Gasteiger partial charge in [-0.05, 0) is 43.4 Å². The third kappa shape index (κ3) is 8.85. The summed E-state index contributed by atoms with van der Waals surface area (Å²) < 4.78 is 5.41. The van der Waals surface area contributed by atoms with E-state index in [1.165, 1.54) is 9.80 Å². The first-order valence-corrected chi connectivity index (χ1v) is 13.6. The van der Waals surface area contributed by atoms with Crippen molar-refractivity contribution in [3.05, 3.63) is 0 Å². The fourth-order valence-corrected chi connectivity index (χ4v) is 4.37. The second kappa shape index (κ2) is 14.3. The number of rotatable bonds is 13. The topological polar surface area (TPSA) is 152 Å². The second-order valence-electron chi connectivity index (χ2n) is 11.3. The largest absolute Gasteiger partial charge is 0.448 e. The minimum Gasteiger partial charge on any atom is -0.448 e. The van der Waals surface area contributed by atoms with Crippen LogP contribution in [-0.4, -0.2) is 89.1 Å². The first kappa shape index (κ1) is 31.3. The molecular formula is C26H45N5O7. The van der Waals surface area contributed by atoms with E-state index < -0.39 is 42.1 Å². The van der Waals surface area contributed by atoms with Crippen LogP contribution in [0.3, 0.4) is 0 Å². The summed E-state index contributed by atoms with van der Waals surface area (Å²) in [6.07, 6.45) is -1.26. The van der Waals surface area contributed by atoms with Crippen LogP contribution in [0.25, 0.3) is 0 Å². The van der Waals surface area contributed by atoms with Crippen molar-refractivity contribution in [2.24, 2.45) is 23.5 Å². The molecule has 3 atom stereocenters. The molecule has 0 bridgehead atoms. The molecule has 0 aliphatic carbocycles. The van der Waals surface area contributed by atoms with E-state index in [2.05, 4.69) is 19.2 Å². The Bertz CT molecular complexity index is 863. The summed E-state index contributed by atoms with van der Waals surface area (Å²) >= 11 is 0. The molecule has 2 fully saturated rings. The van der Waals surface area contributed by atoms with Gasteiger partial charge in [-0.1, -0.05) is 41.5 Å². The van der Waals surface area contributed by atoms with Crippen molar-refractivity contribution in [3.8, 4) is 0 Å². The standard InChI is InChI=1S/C26H45N5O7/c1-16(2)9-11-28-24(34)19(13-18(5)6)29-14-22-30(15-23(29)33)25(35)20(7-8-21(27)32)38-31(22)26(36)37-12-10-17(3)4/h16-20,22H,7-15H2,1-6H3,(H2,27,32)(H,28,34). The maximum atomic E-state index is 13.3. The Labute approximate surface area is 225 Å². The van der Waals surface area contributed by atoms with E-state index in [9.17, 15) is 24.0 Å². The summed E-state index contributed by atoms with van der Waals surface area (Å²) in [7, 11) is 0. The molecule has 0 aromatic heterocycles. The molecule has 2 saturated heterocycles. The van der Waals surface area contributed by atoms with E-state index in [1.54, 1.807) is 0 Å². The summed E-state index contributed by atoms with van der Waals surface area (Å²) in [4.78, 5) is 72.5. The molecule has 12 nitrogen and oxygen atoms in total. The van der Waals surface area contributed by atoms with Gasteiger partial charge in [0.15, 0.2) is 12.3 Å². The van der Waals surface area contributed by atoms with Crippen LogP contribution in [0, 0.1) is 17.8 Å². The van der Waals surface area contributed by atoms with Crippen molar-refractivity contribution in [2.75, 3.05) is 26.2 Å². The van der Waals surface area contributed by atoms with Gasteiger partial charge in [-0.2, -0.15) is 5.06 Å². The summed E-state index contributed by atoms with van der Waals surface area (Å²) in [5, 5.41) is 3.90. The molecule has 2 aliphatic rings. The Morgan fingerprint density at radius 3 is 2.29 bits per heavy atom. The Hall–Kier alpha value is -2.89. The fourth-order valence-electron chi connectivity index (χ4n) is 4.37. The van der Waals surface area contributed by atoms with Gasteiger partial charge in [0.2, 0.25) is 17.7 Å². The molecule has 2 aliphatic heterocycles. The summed E-state index contributed by atoms with van der Waals surface area (Å²) in [5.41, 5.74) is 5.24. The molecule has 3 N–H and O–H groups in total. The molecule has 0 saturated carbocycles. The highest BCUT2D eigenvalue weighted by molar-refractivity contribution is 5.93. The van der Waals surface area contributed by atoms with Gasteiger partial charge in [0.25, 0.3) is 5.91 Å². The maximum absolute atomic E-state index is 13.3. The Balaban J connectivity index is 2.30. The van der Waals surface area contributed by atoms with Crippen LogP contribution in [0.5, 0.6) is 0 Å². The number of nitrogens with two attached hydrogens (primary N) is 1. The zero-order chi connectivity index (χ0) is 28.6. The number of nitrogens with zero attached hydrogens (tertiary/aromatic N) is 3. The third-order valence-electron chi connectivity index (χ3n) is 6.56. The monoisotopic (exact) mass is 539 g/mol. The lowest BCUT2D eigenvalue weighted by Crippen LogP contribution is -2.72. The lowest BCUT2D eigenvalue weighted by Gasteiger charge is -2.50. The number of hydrogen-bond acceptors (Lipinski definition) is 7. The minimum absolute atomic E-state index is 0.0424. The van der Waals surface area contributed by atoms with Crippen molar-refractivity contribution in [1.82, 2.24) is 20.2 Å². The molecule has 3 unspecified atom stereocenters. The number of fused-ring (bicyclic) bond motifs is 1. The minimum atomic E-state index is -1.17. The van der Waals surface area contributed by atoms with Gasteiger partial charge in [0, 0.05) is 13.0 Å². The number of ether oxygens (including phenoxy) is 1. The van der Waals surface area contributed by atoms with Crippen molar-refractivity contribution < 1.29 is 33.5 Å². The zero-order valence-electron chi connectivity index (χ0n) is 23.6. The number of piperazine rings is 1. The molecule has 0 radical (unpaired) electrons. The van der Waals surface area contributed by atoms with Crippen molar-refractivity contribution in [2.45, 2.75) is 92.0 Å². The lowest BCUT2D eigenvalue weighted by atomic mass is 9.99. The van der Waals surface area contributed by atoms with Crippen LogP contribution >= 0.6 is 0 Å². The third-order valence-corrected chi connectivity index (χ3v) is 6.56. The quantitative estimate of drug-likeness (QED) is 0.361. The Morgan fingerprint density at radius 1 is 1.05 bits per heavy atom. The highest BCUT2D eigenvalue weighted by Gasteiger charge is 2.50. The number of carbonyl (C=O) groups excluding carboxylic acids is 5. The van der Waals surface area contributed by atoms with E-state index in [-0.39, 0.29) is 44.4 Å². The molecule has 0 spiro atoms. The van der Waals surface area contributed by atoms with Gasteiger partial charge >= 0.3 is 6.09 Å². The van der Waals surface area contributed by atoms with Crippen LogP contribution in [0.2, 0.25) is 0 Å². The molecule has 0 aromatic carbocycles. The fraction of sp³-hybridized carbons (Fsp3) is 0.808. The van der Waals surface area contributed by atoms with Crippen LogP contribution in [0.1, 0.15) is 73.6 Å². The van der Waals surface area contributed by atoms with Gasteiger partial charge in [-0.3, -0.25) is 24.0 Å². The van der Waals surface area contributed by atoms with Crippen LogP contribution in [0.15, 0.2) is 0 Å². The van der Waals surface area contributed by atoms with Crippen molar-refractivity contribution in [1.29, 1.82) is 0 Å². The average molecular weight is 540 g/mol. The molecule has 0 aromatic rings. The molecule has 2 rings (SSSR count). The number of nitrogens with one attached hydrogen (secondary N) is 1. The van der Waals surface area contributed by atoms with Crippen molar-refractivity contribution >= 4 is 29.7 Å². The second-order valence-corrected chi connectivity index (χ2v) is 11.3. The van der Waals surface area contributed by atoms with E-state index in [4.69, 9.17) is 15.3 Å². The lowest BCUT2D eigenvalue weighted by molar-refractivity contribution is -0.262. The first-order valence-electron chi connectivity index (χ1n) is 13.6. The molecule has 38 heavy (non-hydrogen) atoms. The van der Waals surface area contributed by atoms with Gasteiger partial charge in [0.05, 0.1) is 13.2 Å². The van der Waals surface area contributed by atoms with Gasteiger partial charge in [0.1, 0.15) is 12.6 Å². The van der Waals surface area contributed by atoms with Gasteiger partial charge < -0.3 is 25.6 Å². The maximum Gasteiger partial charge on any atom is 0.436 e. The number of hydrogen-bond donors (Lipinski definition) is 2. The average Bonchev–Trinajstić information content (AvgIpc) is 2.81. The molecular weight excluding hydrogens is 494 g/mol. The van der Waals surface area contributed by atoms with E-state index in [0.29, 0.717) is 31.2 Å². The van der Waals surface area contributed by atoms with Gasteiger partial charge in [-0.15, -0.1) is 0 Å². The molecule has 5 amide bonds. The zero-order valence-corrected chi connectivity index (χ0v) is 23.6. The summed E-state index contributed by atoms with van der Waals surface area (Å²) in [6, 6.07) is -0.765. The summed E-state index contributed by atoms with van der Waals surface area (Å²) in [5.74, 6) is -0.973.